The molecule has 92 valence electrons. The van der Waals surface area contributed by atoms with E-state index in [0.29, 0.717) is 18.6 Å². The highest BCUT2D eigenvalue weighted by atomic mass is 16.5. The first-order chi connectivity index (χ1) is 7.68. The van der Waals surface area contributed by atoms with Gasteiger partial charge in [-0.2, -0.15) is 0 Å². The average Bonchev–Trinajstić information content (AvgIpc) is 2.86. The van der Waals surface area contributed by atoms with Gasteiger partial charge in [-0.15, -0.1) is 0 Å². The Morgan fingerprint density at radius 2 is 2.25 bits per heavy atom. The molecule has 16 heavy (non-hydrogen) atoms. The largest absolute Gasteiger partial charge is 0.379 e. The summed E-state index contributed by atoms with van der Waals surface area (Å²) in [5.41, 5.74) is 0. The normalized spacial score (nSPS) is 30.1. The van der Waals surface area contributed by atoms with E-state index in [9.17, 15) is 4.79 Å². The maximum absolute atomic E-state index is 12.1. The molecule has 2 heterocycles. The molecule has 0 saturated carbocycles. The minimum absolute atomic E-state index is 0.103. The van der Waals surface area contributed by atoms with Gasteiger partial charge in [0.1, 0.15) is 0 Å². The van der Waals surface area contributed by atoms with Gasteiger partial charge >= 0.3 is 6.03 Å². The molecule has 0 bridgehead atoms. The number of carbonyl (C=O) groups excluding carboxylic acids is 1. The lowest BCUT2D eigenvalue weighted by Gasteiger charge is -2.28. The SMILES string of the molecule is CC(C)C1CCCN1C(=O)NC1CCOC1. The molecule has 2 rings (SSSR count). The summed E-state index contributed by atoms with van der Waals surface area (Å²) in [5.74, 6) is 0.549. The zero-order valence-corrected chi connectivity index (χ0v) is 10.2. The molecule has 0 aliphatic carbocycles. The van der Waals surface area contributed by atoms with E-state index >= 15 is 0 Å². The van der Waals surface area contributed by atoms with Crippen LogP contribution in [-0.2, 0) is 4.74 Å². The summed E-state index contributed by atoms with van der Waals surface area (Å²) < 4.78 is 5.26. The molecular weight excluding hydrogens is 204 g/mol. The monoisotopic (exact) mass is 226 g/mol. The number of nitrogens with one attached hydrogen (secondary N) is 1. The molecule has 2 atom stereocenters. The molecule has 0 aromatic heterocycles. The number of urea groups is 1. The fourth-order valence-electron chi connectivity index (χ4n) is 2.64. The van der Waals surface area contributed by atoms with Gasteiger partial charge in [-0.3, -0.25) is 0 Å². The van der Waals surface area contributed by atoms with Gasteiger partial charge in [0, 0.05) is 19.2 Å². The van der Waals surface area contributed by atoms with E-state index in [2.05, 4.69) is 19.2 Å². The second-order valence-electron chi connectivity index (χ2n) is 5.16. The molecule has 2 aliphatic rings. The second-order valence-corrected chi connectivity index (χ2v) is 5.16. The van der Waals surface area contributed by atoms with Crippen molar-refractivity contribution in [3.05, 3.63) is 0 Å². The van der Waals surface area contributed by atoms with E-state index < -0.39 is 0 Å². The highest BCUT2D eigenvalue weighted by Gasteiger charge is 2.32. The van der Waals surface area contributed by atoms with Crippen molar-refractivity contribution in [3.8, 4) is 0 Å². The molecule has 0 spiro atoms. The second kappa shape index (κ2) is 5.04. The lowest BCUT2D eigenvalue weighted by molar-refractivity contribution is 0.167. The van der Waals surface area contributed by atoms with Crippen LogP contribution in [-0.4, -0.2) is 42.8 Å². The third-order valence-electron chi connectivity index (χ3n) is 3.59. The van der Waals surface area contributed by atoms with Crippen molar-refractivity contribution in [2.24, 2.45) is 5.92 Å². The van der Waals surface area contributed by atoms with E-state index in [-0.39, 0.29) is 12.1 Å². The van der Waals surface area contributed by atoms with Crippen molar-refractivity contribution in [3.63, 3.8) is 0 Å². The van der Waals surface area contributed by atoms with Crippen LogP contribution in [0.2, 0.25) is 0 Å². The van der Waals surface area contributed by atoms with Gasteiger partial charge in [-0.25, -0.2) is 4.79 Å². The number of nitrogens with zero attached hydrogens (tertiary/aromatic N) is 1. The van der Waals surface area contributed by atoms with E-state index in [0.717, 1.165) is 32.4 Å². The first-order valence-corrected chi connectivity index (χ1v) is 6.33. The Morgan fingerprint density at radius 1 is 1.44 bits per heavy atom. The van der Waals surface area contributed by atoms with Crippen LogP contribution in [0, 0.1) is 5.92 Å². The maximum atomic E-state index is 12.1. The van der Waals surface area contributed by atoms with Crippen LogP contribution in [0.4, 0.5) is 4.79 Å². The van der Waals surface area contributed by atoms with Gasteiger partial charge in [-0.1, -0.05) is 13.8 Å². The molecule has 2 unspecified atom stereocenters. The van der Waals surface area contributed by atoms with Crippen LogP contribution < -0.4 is 5.32 Å². The van der Waals surface area contributed by atoms with Crippen molar-refractivity contribution in [1.82, 2.24) is 10.2 Å². The predicted octanol–water partition coefficient (Wildman–Crippen LogP) is 1.61. The van der Waals surface area contributed by atoms with Crippen molar-refractivity contribution in [2.45, 2.75) is 45.2 Å². The molecule has 4 heteroatoms. The summed E-state index contributed by atoms with van der Waals surface area (Å²) in [6.45, 7) is 6.73. The molecular formula is C12H22N2O2. The van der Waals surface area contributed by atoms with Gasteiger partial charge in [0.2, 0.25) is 0 Å². The zero-order valence-electron chi connectivity index (χ0n) is 10.2. The molecule has 0 aromatic rings. The first-order valence-electron chi connectivity index (χ1n) is 6.33. The highest BCUT2D eigenvalue weighted by Crippen LogP contribution is 2.23. The molecule has 1 N–H and O–H groups in total. The highest BCUT2D eigenvalue weighted by molar-refractivity contribution is 5.75. The van der Waals surface area contributed by atoms with Crippen LogP contribution >= 0.6 is 0 Å². The summed E-state index contributed by atoms with van der Waals surface area (Å²) in [6, 6.07) is 0.745. The number of hydrogen-bond donors (Lipinski definition) is 1. The number of rotatable bonds is 2. The Kier molecular flexibility index (Phi) is 3.69. The fourth-order valence-corrected chi connectivity index (χ4v) is 2.64. The number of hydrogen-bond acceptors (Lipinski definition) is 2. The molecule has 2 saturated heterocycles. The van der Waals surface area contributed by atoms with Crippen molar-refractivity contribution >= 4 is 6.03 Å². The molecule has 4 nitrogen and oxygen atoms in total. The summed E-state index contributed by atoms with van der Waals surface area (Å²) >= 11 is 0. The van der Waals surface area contributed by atoms with E-state index in [1.165, 1.54) is 0 Å². The summed E-state index contributed by atoms with van der Waals surface area (Å²) in [7, 11) is 0. The Balaban J connectivity index is 1.87. The van der Waals surface area contributed by atoms with Crippen LogP contribution in [0.25, 0.3) is 0 Å². The molecule has 2 amide bonds. The summed E-state index contributed by atoms with van der Waals surface area (Å²) in [5, 5.41) is 3.07. The van der Waals surface area contributed by atoms with Gasteiger partial charge in [-0.05, 0) is 25.2 Å². The Labute approximate surface area is 97.3 Å². The number of carbonyl (C=O) groups is 1. The maximum Gasteiger partial charge on any atom is 0.317 e. The number of amides is 2. The van der Waals surface area contributed by atoms with Crippen LogP contribution in [0.15, 0.2) is 0 Å². The minimum Gasteiger partial charge on any atom is -0.379 e. The van der Waals surface area contributed by atoms with Crippen molar-refractivity contribution in [1.29, 1.82) is 0 Å². The topological polar surface area (TPSA) is 41.6 Å². The fraction of sp³-hybridized carbons (Fsp3) is 0.917. The number of ether oxygens (including phenoxy) is 1. The van der Waals surface area contributed by atoms with Gasteiger partial charge in [0.25, 0.3) is 0 Å². The smallest absolute Gasteiger partial charge is 0.317 e. The summed E-state index contributed by atoms with van der Waals surface area (Å²) in [4.78, 5) is 14.1. The third kappa shape index (κ3) is 2.48. The van der Waals surface area contributed by atoms with Gasteiger partial charge in [0.15, 0.2) is 0 Å². The van der Waals surface area contributed by atoms with Gasteiger partial charge < -0.3 is 15.0 Å². The van der Waals surface area contributed by atoms with E-state index in [4.69, 9.17) is 4.74 Å². The van der Waals surface area contributed by atoms with Crippen molar-refractivity contribution in [2.75, 3.05) is 19.8 Å². The van der Waals surface area contributed by atoms with Crippen molar-refractivity contribution < 1.29 is 9.53 Å². The standard InChI is InChI=1S/C12H22N2O2/c1-9(2)11-4-3-6-14(11)12(15)13-10-5-7-16-8-10/h9-11H,3-8H2,1-2H3,(H,13,15). The zero-order chi connectivity index (χ0) is 11.5. The first kappa shape index (κ1) is 11.7. The molecule has 2 fully saturated rings. The number of likely N-dealkylation sites (tertiary alicyclic amines) is 1. The van der Waals surface area contributed by atoms with E-state index in [1.54, 1.807) is 0 Å². The minimum atomic E-state index is 0.103. The molecule has 0 aromatic carbocycles. The quantitative estimate of drug-likeness (QED) is 0.777. The third-order valence-corrected chi connectivity index (χ3v) is 3.59. The van der Waals surface area contributed by atoms with Crippen LogP contribution in [0.1, 0.15) is 33.1 Å². The Bertz CT molecular complexity index is 249. The van der Waals surface area contributed by atoms with Gasteiger partial charge in [0.05, 0.1) is 12.6 Å². The Morgan fingerprint density at radius 3 is 2.88 bits per heavy atom. The van der Waals surface area contributed by atoms with E-state index in [1.807, 2.05) is 4.90 Å². The van der Waals surface area contributed by atoms with Crippen LogP contribution in [0.5, 0.6) is 0 Å². The lowest BCUT2D eigenvalue weighted by atomic mass is 10.0. The molecule has 2 aliphatic heterocycles. The molecule has 0 radical (unpaired) electrons. The van der Waals surface area contributed by atoms with Crippen LogP contribution in [0.3, 0.4) is 0 Å². The predicted molar refractivity (Wildman–Crippen MR) is 62.3 cm³/mol. The Hall–Kier alpha value is -0.770. The lowest BCUT2D eigenvalue weighted by Crippen LogP contribution is -2.48. The summed E-state index contributed by atoms with van der Waals surface area (Å²) in [6.07, 6.45) is 3.23. The average molecular weight is 226 g/mol.